The molecule has 0 spiro atoms. The van der Waals surface area contributed by atoms with Gasteiger partial charge in [-0.25, -0.2) is 4.99 Å². The van der Waals surface area contributed by atoms with E-state index in [4.69, 9.17) is 0 Å². The summed E-state index contributed by atoms with van der Waals surface area (Å²) < 4.78 is 0. The van der Waals surface area contributed by atoms with Gasteiger partial charge in [0.1, 0.15) is 0 Å². The number of Topliss-reactive ketones (excluding diaryl/α,β-unsaturated/α-hetero) is 2. The van der Waals surface area contributed by atoms with Gasteiger partial charge in [0, 0.05) is 11.4 Å². The Morgan fingerprint density at radius 1 is 1.05 bits per heavy atom. The maximum atomic E-state index is 11.5. The standard InChI is InChI=1S/C13H16N6O2/c1-6-10(8(3)20)12(18-16-6)14-5-15-13-11(9(4)21)7(2)17-19-13/h5H,1-4H3,(H3,14,15,16,17,18,19). The maximum absolute atomic E-state index is 11.5. The van der Waals surface area contributed by atoms with Gasteiger partial charge in [-0.05, 0) is 27.7 Å². The Hall–Kier alpha value is -2.77. The fraction of sp³-hybridized carbons (Fsp3) is 0.308. The van der Waals surface area contributed by atoms with E-state index in [1.165, 1.54) is 20.2 Å². The Balaban J connectivity index is 2.21. The van der Waals surface area contributed by atoms with Gasteiger partial charge in [0.15, 0.2) is 23.2 Å². The van der Waals surface area contributed by atoms with Crippen LogP contribution in [0.4, 0.5) is 11.6 Å². The Morgan fingerprint density at radius 2 is 1.62 bits per heavy atom. The zero-order valence-electron chi connectivity index (χ0n) is 12.2. The predicted molar refractivity (Wildman–Crippen MR) is 78.4 cm³/mol. The van der Waals surface area contributed by atoms with E-state index >= 15 is 0 Å². The third kappa shape index (κ3) is 2.88. The van der Waals surface area contributed by atoms with Gasteiger partial charge in [0.25, 0.3) is 0 Å². The van der Waals surface area contributed by atoms with E-state index in [-0.39, 0.29) is 11.6 Å². The fourth-order valence-corrected chi connectivity index (χ4v) is 2.05. The molecule has 0 radical (unpaired) electrons. The second kappa shape index (κ2) is 5.70. The van der Waals surface area contributed by atoms with Crippen LogP contribution in [0.5, 0.6) is 0 Å². The number of nitrogens with one attached hydrogen (secondary N) is 3. The van der Waals surface area contributed by atoms with Crippen molar-refractivity contribution in [3.8, 4) is 0 Å². The van der Waals surface area contributed by atoms with Gasteiger partial charge in [0.05, 0.1) is 17.5 Å². The van der Waals surface area contributed by atoms with E-state index in [0.29, 0.717) is 34.2 Å². The minimum Gasteiger partial charge on any atom is -0.329 e. The van der Waals surface area contributed by atoms with Crippen LogP contribution >= 0.6 is 0 Å². The minimum absolute atomic E-state index is 0.0998. The topological polar surface area (TPSA) is 116 Å². The first-order valence-electron chi connectivity index (χ1n) is 6.32. The molecule has 2 aromatic rings. The van der Waals surface area contributed by atoms with Gasteiger partial charge in [-0.1, -0.05) is 0 Å². The zero-order chi connectivity index (χ0) is 15.6. The number of nitrogens with zero attached hydrogens (tertiary/aromatic N) is 3. The molecule has 0 aliphatic rings. The molecule has 0 unspecified atom stereocenters. The van der Waals surface area contributed by atoms with E-state index in [0.717, 1.165) is 0 Å². The molecular weight excluding hydrogens is 272 g/mol. The molecule has 0 aliphatic carbocycles. The van der Waals surface area contributed by atoms with Crippen molar-refractivity contribution in [3.63, 3.8) is 0 Å². The highest BCUT2D eigenvalue weighted by atomic mass is 16.1. The molecule has 0 saturated heterocycles. The van der Waals surface area contributed by atoms with Crippen LogP contribution in [-0.2, 0) is 0 Å². The van der Waals surface area contributed by atoms with Crippen LogP contribution in [-0.4, -0.2) is 38.3 Å². The number of hydrogen-bond acceptors (Lipinski definition) is 5. The second-order valence-corrected chi connectivity index (χ2v) is 4.63. The van der Waals surface area contributed by atoms with Gasteiger partial charge in [-0.3, -0.25) is 19.8 Å². The molecular formula is C13H16N6O2. The van der Waals surface area contributed by atoms with Gasteiger partial charge >= 0.3 is 0 Å². The fourth-order valence-electron chi connectivity index (χ4n) is 2.05. The number of anilines is 1. The number of aromatic nitrogens is 4. The smallest absolute Gasteiger partial charge is 0.186 e. The van der Waals surface area contributed by atoms with Crippen LogP contribution in [0.25, 0.3) is 0 Å². The quantitative estimate of drug-likeness (QED) is 0.441. The number of hydrogen-bond donors (Lipinski definition) is 3. The van der Waals surface area contributed by atoms with Crippen molar-refractivity contribution in [2.24, 2.45) is 4.99 Å². The third-order valence-corrected chi connectivity index (χ3v) is 2.97. The zero-order valence-corrected chi connectivity index (χ0v) is 12.2. The molecule has 2 heterocycles. The molecule has 0 fully saturated rings. The van der Waals surface area contributed by atoms with Crippen molar-refractivity contribution < 1.29 is 9.59 Å². The number of aliphatic imine (C=N–C) groups is 1. The van der Waals surface area contributed by atoms with Gasteiger partial charge in [0.2, 0.25) is 0 Å². The summed E-state index contributed by atoms with van der Waals surface area (Å²) in [6, 6.07) is 0. The molecule has 8 nitrogen and oxygen atoms in total. The van der Waals surface area contributed by atoms with Crippen LogP contribution in [0.3, 0.4) is 0 Å². The van der Waals surface area contributed by atoms with E-state index in [1.807, 2.05) is 0 Å². The number of aryl methyl sites for hydroxylation is 2. The molecule has 0 saturated carbocycles. The molecule has 3 N–H and O–H groups in total. The van der Waals surface area contributed by atoms with Gasteiger partial charge < -0.3 is 5.32 Å². The van der Waals surface area contributed by atoms with Crippen LogP contribution in [0.1, 0.15) is 46.0 Å². The van der Waals surface area contributed by atoms with Crippen LogP contribution in [0, 0.1) is 13.8 Å². The van der Waals surface area contributed by atoms with E-state index < -0.39 is 0 Å². The molecule has 21 heavy (non-hydrogen) atoms. The van der Waals surface area contributed by atoms with Crippen LogP contribution < -0.4 is 5.32 Å². The molecule has 0 aromatic carbocycles. The molecule has 2 aromatic heterocycles. The lowest BCUT2D eigenvalue weighted by Crippen LogP contribution is -2.02. The first-order chi connectivity index (χ1) is 9.91. The lowest BCUT2D eigenvalue weighted by atomic mass is 10.2. The number of ketones is 2. The Kier molecular flexibility index (Phi) is 3.97. The first kappa shape index (κ1) is 14.6. The van der Waals surface area contributed by atoms with Crippen molar-refractivity contribution in [1.82, 2.24) is 20.4 Å². The molecule has 8 heteroatoms. The number of H-pyrrole nitrogens is 2. The van der Waals surface area contributed by atoms with Crippen molar-refractivity contribution in [2.75, 3.05) is 5.32 Å². The van der Waals surface area contributed by atoms with E-state index in [9.17, 15) is 9.59 Å². The number of rotatable bonds is 5. The highest BCUT2D eigenvalue weighted by molar-refractivity contribution is 6.02. The Morgan fingerprint density at radius 3 is 2.24 bits per heavy atom. The average Bonchev–Trinajstić information content (AvgIpc) is 2.93. The molecule has 0 atom stereocenters. The Labute approximate surface area is 121 Å². The first-order valence-corrected chi connectivity index (χ1v) is 6.32. The van der Waals surface area contributed by atoms with Crippen molar-refractivity contribution in [2.45, 2.75) is 27.7 Å². The lowest BCUT2D eigenvalue weighted by molar-refractivity contribution is 0.100. The average molecular weight is 288 g/mol. The normalized spacial score (nSPS) is 11.0. The summed E-state index contributed by atoms with van der Waals surface area (Å²) in [7, 11) is 0. The summed E-state index contributed by atoms with van der Waals surface area (Å²) in [6.45, 7) is 6.43. The summed E-state index contributed by atoms with van der Waals surface area (Å²) in [4.78, 5) is 27.1. The van der Waals surface area contributed by atoms with E-state index in [1.54, 1.807) is 13.8 Å². The lowest BCUT2D eigenvalue weighted by Gasteiger charge is -1.98. The summed E-state index contributed by atoms with van der Waals surface area (Å²) >= 11 is 0. The second-order valence-electron chi connectivity index (χ2n) is 4.63. The predicted octanol–water partition coefficient (Wildman–Crippen LogP) is 1.93. The summed E-state index contributed by atoms with van der Waals surface area (Å²) in [5.74, 6) is 0.468. The molecule has 0 aliphatic heterocycles. The number of carbonyl (C=O) groups is 2. The minimum atomic E-state index is -0.117. The third-order valence-electron chi connectivity index (χ3n) is 2.97. The molecule has 2 rings (SSSR count). The summed E-state index contributed by atoms with van der Waals surface area (Å²) in [5, 5.41) is 16.2. The molecule has 0 amide bonds. The largest absolute Gasteiger partial charge is 0.329 e. The summed E-state index contributed by atoms with van der Waals surface area (Å²) in [5.41, 5.74) is 2.26. The number of carbonyl (C=O) groups excluding carboxylic acids is 2. The SMILES string of the molecule is CC(=O)c1c(N=CNc2n[nH]c(C)c2C(C)=O)n[nH]c1C. The maximum Gasteiger partial charge on any atom is 0.186 e. The van der Waals surface area contributed by atoms with Crippen LogP contribution in [0.2, 0.25) is 0 Å². The summed E-state index contributed by atoms with van der Waals surface area (Å²) in [6.07, 6.45) is 1.35. The Bertz CT molecular complexity index is 725. The van der Waals surface area contributed by atoms with Gasteiger partial charge in [-0.2, -0.15) is 10.2 Å². The monoisotopic (exact) mass is 288 g/mol. The van der Waals surface area contributed by atoms with E-state index in [2.05, 4.69) is 30.7 Å². The van der Waals surface area contributed by atoms with Crippen molar-refractivity contribution in [3.05, 3.63) is 22.5 Å². The highest BCUT2D eigenvalue weighted by Gasteiger charge is 2.15. The molecule has 110 valence electrons. The molecule has 0 bridgehead atoms. The van der Waals surface area contributed by atoms with Crippen LogP contribution in [0.15, 0.2) is 4.99 Å². The van der Waals surface area contributed by atoms with Crippen molar-refractivity contribution in [1.29, 1.82) is 0 Å². The van der Waals surface area contributed by atoms with Crippen molar-refractivity contribution >= 4 is 29.5 Å². The highest BCUT2D eigenvalue weighted by Crippen LogP contribution is 2.20. The van der Waals surface area contributed by atoms with Gasteiger partial charge in [-0.15, -0.1) is 0 Å². The number of aromatic amines is 2.